The van der Waals surface area contributed by atoms with Gasteiger partial charge in [-0.3, -0.25) is 9.69 Å². The van der Waals surface area contributed by atoms with Crippen LogP contribution in [0.1, 0.15) is 25.7 Å². The molecule has 0 bridgehead atoms. The first-order valence-corrected chi connectivity index (χ1v) is 7.90. The third-order valence-electron chi connectivity index (χ3n) is 4.25. The lowest BCUT2D eigenvalue weighted by atomic mass is 9.99. The monoisotopic (exact) mass is 341 g/mol. The summed E-state index contributed by atoms with van der Waals surface area (Å²) in [5.41, 5.74) is 6.41. The molecule has 2 heterocycles. The van der Waals surface area contributed by atoms with Crippen LogP contribution in [0.2, 0.25) is 0 Å². The van der Waals surface area contributed by atoms with Gasteiger partial charge in [-0.15, -0.1) is 12.4 Å². The van der Waals surface area contributed by atoms with Crippen molar-refractivity contribution in [1.29, 1.82) is 0 Å². The van der Waals surface area contributed by atoms with Gasteiger partial charge in [-0.1, -0.05) is 6.42 Å². The first-order valence-electron chi connectivity index (χ1n) is 7.90. The number of nitrogens with one attached hydrogen (secondary N) is 1. The molecule has 23 heavy (non-hydrogen) atoms. The summed E-state index contributed by atoms with van der Waals surface area (Å²) in [6.07, 6.45) is 4.47. The van der Waals surface area contributed by atoms with Crippen LogP contribution >= 0.6 is 12.4 Å². The SMILES string of the molecule is Cl.NCCC1CCCCN1CC(=O)Nc1ccc2c(c1)OCO2. The van der Waals surface area contributed by atoms with Gasteiger partial charge in [0.2, 0.25) is 12.7 Å². The molecule has 0 spiro atoms. The largest absolute Gasteiger partial charge is 0.454 e. The summed E-state index contributed by atoms with van der Waals surface area (Å²) in [4.78, 5) is 14.5. The molecular formula is C16H24ClN3O3. The Morgan fingerprint density at radius 1 is 1.30 bits per heavy atom. The molecule has 6 nitrogen and oxygen atoms in total. The van der Waals surface area contributed by atoms with Crippen molar-refractivity contribution >= 4 is 24.0 Å². The molecule has 2 aliphatic rings. The van der Waals surface area contributed by atoms with Crippen LogP contribution in [-0.2, 0) is 4.79 Å². The highest BCUT2D eigenvalue weighted by atomic mass is 35.5. The lowest BCUT2D eigenvalue weighted by Gasteiger charge is -2.35. The van der Waals surface area contributed by atoms with Gasteiger partial charge in [0.15, 0.2) is 11.5 Å². The van der Waals surface area contributed by atoms with E-state index in [9.17, 15) is 4.79 Å². The molecule has 7 heteroatoms. The van der Waals surface area contributed by atoms with E-state index in [-0.39, 0.29) is 25.1 Å². The van der Waals surface area contributed by atoms with E-state index in [4.69, 9.17) is 15.2 Å². The Balaban J connectivity index is 0.00000192. The molecule has 1 aromatic rings. The molecule has 0 aliphatic carbocycles. The van der Waals surface area contributed by atoms with E-state index >= 15 is 0 Å². The van der Waals surface area contributed by atoms with Crippen molar-refractivity contribution in [2.75, 3.05) is 31.7 Å². The topological polar surface area (TPSA) is 76.8 Å². The average Bonchev–Trinajstić information content (AvgIpc) is 2.97. The van der Waals surface area contributed by atoms with E-state index in [0.717, 1.165) is 37.2 Å². The fourth-order valence-electron chi connectivity index (χ4n) is 3.15. The summed E-state index contributed by atoms with van der Waals surface area (Å²) >= 11 is 0. The van der Waals surface area contributed by atoms with Gasteiger partial charge in [0.05, 0.1) is 6.54 Å². The molecule has 0 saturated carbocycles. The van der Waals surface area contributed by atoms with Crippen molar-refractivity contribution in [3.05, 3.63) is 18.2 Å². The van der Waals surface area contributed by atoms with Gasteiger partial charge in [0.1, 0.15) is 0 Å². The highest BCUT2D eigenvalue weighted by molar-refractivity contribution is 5.92. The van der Waals surface area contributed by atoms with Crippen molar-refractivity contribution in [3.63, 3.8) is 0 Å². The van der Waals surface area contributed by atoms with Gasteiger partial charge in [-0.05, 0) is 44.5 Å². The Hall–Kier alpha value is -1.50. The lowest BCUT2D eigenvalue weighted by Crippen LogP contribution is -2.44. The number of piperidine rings is 1. The zero-order valence-electron chi connectivity index (χ0n) is 13.1. The van der Waals surface area contributed by atoms with Crippen LogP contribution < -0.4 is 20.5 Å². The van der Waals surface area contributed by atoms with Crippen LogP contribution in [0.25, 0.3) is 0 Å². The van der Waals surface area contributed by atoms with Crippen molar-refractivity contribution in [1.82, 2.24) is 4.90 Å². The fourth-order valence-corrected chi connectivity index (χ4v) is 3.15. The first kappa shape index (κ1) is 17.8. The third-order valence-corrected chi connectivity index (χ3v) is 4.25. The van der Waals surface area contributed by atoms with E-state index in [1.165, 1.54) is 6.42 Å². The zero-order chi connectivity index (χ0) is 15.4. The number of fused-ring (bicyclic) bond motifs is 1. The number of likely N-dealkylation sites (tertiary alicyclic amines) is 1. The molecule has 2 aliphatic heterocycles. The van der Waals surface area contributed by atoms with E-state index < -0.39 is 0 Å². The minimum atomic E-state index is 0. The van der Waals surface area contributed by atoms with Crippen LogP contribution in [0.15, 0.2) is 18.2 Å². The number of nitrogens with two attached hydrogens (primary N) is 1. The number of anilines is 1. The Bertz CT molecular complexity index is 539. The Kier molecular flexibility index (Phi) is 6.50. The fraction of sp³-hybridized carbons (Fsp3) is 0.562. The Labute approximate surface area is 142 Å². The van der Waals surface area contributed by atoms with Gasteiger partial charge < -0.3 is 20.5 Å². The van der Waals surface area contributed by atoms with Crippen LogP contribution in [0.4, 0.5) is 5.69 Å². The number of halogens is 1. The van der Waals surface area contributed by atoms with Crippen LogP contribution in [0, 0.1) is 0 Å². The lowest BCUT2D eigenvalue weighted by molar-refractivity contribution is -0.118. The van der Waals surface area contributed by atoms with Crippen LogP contribution in [0.5, 0.6) is 11.5 Å². The Morgan fingerprint density at radius 3 is 2.96 bits per heavy atom. The number of rotatable bonds is 5. The van der Waals surface area contributed by atoms with Gasteiger partial charge in [0, 0.05) is 17.8 Å². The van der Waals surface area contributed by atoms with Gasteiger partial charge in [-0.2, -0.15) is 0 Å². The molecule has 1 atom stereocenters. The van der Waals surface area contributed by atoms with E-state index in [1.807, 2.05) is 12.1 Å². The number of hydrogen-bond donors (Lipinski definition) is 2. The molecule has 3 N–H and O–H groups in total. The molecule has 1 amide bonds. The van der Waals surface area contributed by atoms with Crippen molar-refractivity contribution in [2.24, 2.45) is 5.73 Å². The summed E-state index contributed by atoms with van der Waals surface area (Å²) in [5.74, 6) is 1.40. The minimum absolute atomic E-state index is 0. The standard InChI is InChI=1S/C16H23N3O3.ClH/c17-7-6-13-3-1-2-8-19(13)10-16(20)18-12-4-5-14-15(9-12)22-11-21-14;/h4-5,9,13H,1-3,6-8,10-11,17H2,(H,18,20);1H. The summed E-state index contributed by atoms with van der Waals surface area (Å²) < 4.78 is 10.6. The van der Waals surface area contributed by atoms with Crippen molar-refractivity contribution in [2.45, 2.75) is 31.7 Å². The smallest absolute Gasteiger partial charge is 0.238 e. The molecule has 0 radical (unpaired) electrons. The van der Waals surface area contributed by atoms with E-state index in [2.05, 4.69) is 10.2 Å². The highest BCUT2D eigenvalue weighted by Crippen LogP contribution is 2.34. The summed E-state index contributed by atoms with van der Waals surface area (Å²) in [7, 11) is 0. The normalized spacial score (nSPS) is 20.0. The Morgan fingerprint density at radius 2 is 2.13 bits per heavy atom. The summed E-state index contributed by atoms with van der Waals surface area (Å²) in [6, 6.07) is 5.88. The van der Waals surface area contributed by atoms with Gasteiger partial charge in [0.25, 0.3) is 0 Å². The second-order valence-corrected chi connectivity index (χ2v) is 5.81. The number of carbonyl (C=O) groups excluding carboxylic acids is 1. The predicted octanol–water partition coefficient (Wildman–Crippen LogP) is 1.98. The molecule has 1 unspecified atom stereocenters. The number of benzene rings is 1. The van der Waals surface area contributed by atoms with Crippen LogP contribution in [-0.4, -0.2) is 43.3 Å². The first-order chi connectivity index (χ1) is 10.8. The molecule has 1 saturated heterocycles. The summed E-state index contributed by atoms with van der Waals surface area (Å²) in [6.45, 7) is 2.30. The van der Waals surface area contributed by atoms with Gasteiger partial charge >= 0.3 is 0 Å². The zero-order valence-corrected chi connectivity index (χ0v) is 13.9. The molecule has 0 aromatic heterocycles. The highest BCUT2D eigenvalue weighted by Gasteiger charge is 2.23. The van der Waals surface area contributed by atoms with Crippen LogP contribution in [0.3, 0.4) is 0 Å². The molecule has 3 rings (SSSR count). The molecular weight excluding hydrogens is 318 g/mol. The maximum atomic E-state index is 12.3. The number of carbonyl (C=O) groups is 1. The second kappa shape index (κ2) is 8.38. The predicted molar refractivity (Wildman–Crippen MR) is 91.3 cm³/mol. The second-order valence-electron chi connectivity index (χ2n) is 5.81. The van der Waals surface area contributed by atoms with Crippen molar-refractivity contribution < 1.29 is 14.3 Å². The maximum absolute atomic E-state index is 12.3. The van der Waals surface area contributed by atoms with Crippen molar-refractivity contribution in [3.8, 4) is 11.5 Å². The molecule has 1 fully saturated rings. The number of ether oxygens (including phenoxy) is 2. The summed E-state index contributed by atoms with van der Waals surface area (Å²) in [5, 5.41) is 2.93. The molecule has 128 valence electrons. The number of nitrogens with zero attached hydrogens (tertiary/aromatic N) is 1. The maximum Gasteiger partial charge on any atom is 0.238 e. The number of amides is 1. The minimum Gasteiger partial charge on any atom is -0.454 e. The average molecular weight is 342 g/mol. The van der Waals surface area contributed by atoms with E-state index in [1.54, 1.807) is 6.07 Å². The quantitative estimate of drug-likeness (QED) is 0.856. The van der Waals surface area contributed by atoms with Gasteiger partial charge in [-0.25, -0.2) is 0 Å². The third kappa shape index (κ3) is 4.50. The number of hydrogen-bond acceptors (Lipinski definition) is 5. The van der Waals surface area contributed by atoms with E-state index in [0.29, 0.717) is 24.9 Å². The molecule has 1 aromatic carbocycles.